The number of hydrogen-bond donors (Lipinski definition) is 1. The fourth-order valence-electron chi connectivity index (χ4n) is 1.74. The third-order valence-corrected chi connectivity index (χ3v) is 5.13. The van der Waals surface area contributed by atoms with Crippen molar-refractivity contribution in [2.75, 3.05) is 26.2 Å². The van der Waals surface area contributed by atoms with Crippen molar-refractivity contribution in [2.45, 2.75) is 4.90 Å². The van der Waals surface area contributed by atoms with Crippen LogP contribution in [-0.4, -0.2) is 43.9 Å². The average molecular weight is 276 g/mol. The van der Waals surface area contributed by atoms with Crippen molar-refractivity contribution in [1.29, 1.82) is 0 Å². The lowest BCUT2D eigenvalue weighted by Gasteiger charge is -2.31. The third kappa shape index (κ3) is 2.61. The maximum absolute atomic E-state index is 12.3. The predicted molar refractivity (Wildman–Crippen MR) is 66.0 cm³/mol. The Morgan fingerprint density at radius 2 is 1.71 bits per heavy atom. The van der Waals surface area contributed by atoms with Gasteiger partial charge in [-0.15, -0.1) is 0 Å². The molecule has 0 unspecified atom stereocenters. The van der Waals surface area contributed by atoms with Gasteiger partial charge in [-0.3, -0.25) is 5.84 Å². The Labute approximate surface area is 106 Å². The molecule has 0 amide bonds. The van der Waals surface area contributed by atoms with Crippen LogP contribution in [0.15, 0.2) is 29.2 Å². The molecule has 0 radical (unpaired) electrons. The highest BCUT2D eigenvalue weighted by Gasteiger charge is 2.28. The number of sulfonamides is 1. The highest BCUT2D eigenvalue weighted by Crippen LogP contribution is 2.24. The summed E-state index contributed by atoms with van der Waals surface area (Å²) < 4.78 is 26.0. The summed E-state index contributed by atoms with van der Waals surface area (Å²) in [5.41, 5.74) is 0. The molecule has 1 aliphatic rings. The van der Waals surface area contributed by atoms with Gasteiger partial charge in [-0.05, 0) is 12.1 Å². The Bertz CT molecular complexity index is 498. The Morgan fingerprint density at radius 1 is 1.12 bits per heavy atom. The highest BCUT2D eigenvalue weighted by atomic mass is 35.5. The Hall–Kier alpha value is -0.660. The Kier molecular flexibility index (Phi) is 3.70. The second-order valence-electron chi connectivity index (χ2n) is 3.87. The molecule has 2 N–H and O–H groups in total. The maximum Gasteiger partial charge on any atom is 0.244 e. The van der Waals surface area contributed by atoms with Crippen LogP contribution in [0, 0.1) is 0 Å². The minimum Gasteiger partial charge on any atom is -0.269 e. The topological polar surface area (TPSA) is 66.6 Å². The maximum atomic E-state index is 12.3. The quantitative estimate of drug-likeness (QED) is 0.799. The largest absolute Gasteiger partial charge is 0.269 e. The van der Waals surface area contributed by atoms with E-state index >= 15 is 0 Å². The van der Waals surface area contributed by atoms with Gasteiger partial charge in [-0.2, -0.15) is 4.31 Å². The zero-order valence-corrected chi connectivity index (χ0v) is 10.8. The first-order valence-electron chi connectivity index (χ1n) is 5.26. The van der Waals surface area contributed by atoms with Gasteiger partial charge in [-0.1, -0.05) is 23.7 Å². The minimum absolute atomic E-state index is 0.159. The normalized spacial score (nSPS) is 19.4. The van der Waals surface area contributed by atoms with Crippen molar-refractivity contribution in [1.82, 2.24) is 9.31 Å². The van der Waals surface area contributed by atoms with E-state index in [2.05, 4.69) is 0 Å². The van der Waals surface area contributed by atoms with Gasteiger partial charge in [-0.25, -0.2) is 13.4 Å². The van der Waals surface area contributed by atoms with Crippen molar-refractivity contribution in [3.63, 3.8) is 0 Å². The summed E-state index contributed by atoms with van der Waals surface area (Å²) in [6, 6.07) is 6.47. The van der Waals surface area contributed by atoms with Crippen molar-refractivity contribution >= 4 is 21.6 Å². The van der Waals surface area contributed by atoms with Crippen LogP contribution in [0.4, 0.5) is 0 Å². The number of benzene rings is 1. The van der Waals surface area contributed by atoms with E-state index < -0.39 is 10.0 Å². The lowest BCUT2D eigenvalue weighted by molar-refractivity contribution is 0.192. The van der Waals surface area contributed by atoms with E-state index in [0.29, 0.717) is 26.2 Å². The zero-order chi connectivity index (χ0) is 12.5. The molecule has 5 nitrogen and oxygen atoms in total. The SMILES string of the molecule is NN1CCN(S(=O)(=O)c2ccccc2Cl)CC1. The smallest absolute Gasteiger partial charge is 0.244 e. The highest BCUT2D eigenvalue weighted by molar-refractivity contribution is 7.89. The van der Waals surface area contributed by atoms with Gasteiger partial charge in [0.25, 0.3) is 0 Å². The van der Waals surface area contributed by atoms with Gasteiger partial charge in [0.05, 0.1) is 5.02 Å². The summed E-state index contributed by atoms with van der Waals surface area (Å²) in [7, 11) is -3.50. The standard InChI is InChI=1S/C10H14ClN3O2S/c11-9-3-1-2-4-10(9)17(15,16)14-7-5-13(12)6-8-14/h1-4H,5-8,12H2. The van der Waals surface area contributed by atoms with Crippen LogP contribution in [-0.2, 0) is 10.0 Å². The molecule has 7 heteroatoms. The first kappa shape index (κ1) is 12.8. The molecular weight excluding hydrogens is 262 g/mol. The molecule has 1 aromatic rings. The number of halogens is 1. The molecule has 1 fully saturated rings. The molecule has 0 aromatic heterocycles. The molecule has 0 aliphatic carbocycles. The molecule has 17 heavy (non-hydrogen) atoms. The molecule has 1 saturated heterocycles. The van der Waals surface area contributed by atoms with Gasteiger partial charge in [0.2, 0.25) is 10.0 Å². The Balaban J connectivity index is 2.28. The fourth-order valence-corrected chi connectivity index (χ4v) is 3.65. The summed E-state index contributed by atoms with van der Waals surface area (Å²) >= 11 is 5.92. The molecule has 1 aromatic carbocycles. The number of hydrogen-bond acceptors (Lipinski definition) is 4. The van der Waals surface area contributed by atoms with E-state index in [1.54, 1.807) is 23.2 Å². The summed E-state index contributed by atoms with van der Waals surface area (Å²) in [5.74, 6) is 5.59. The summed E-state index contributed by atoms with van der Waals surface area (Å²) in [4.78, 5) is 0.159. The summed E-state index contributed by atoms with van der Waals surface area (Å²) in [6.45, 7) is 1.85. The third-order valence-electron chi connectivity index (χ3n) is 2.73. The van der Waals surface area contributed by atoms with Crippen molar-refractivity contribution in [3.05, 3.63) is 29.3 Å². The van der Waals surface area contributed by atoms with E-state index in [-0.39, 0.29) is 9.92 Å². The average Bonchev–Trinajstić information content (AvgIpc) is 2.30. The minimum atomic E-state index is -3.50. The number of nitrogens with zero attached hydrogens (tertiary/aromatic N) is 2. The molecule has 0 saturated carbocycles. The molecule has 1 aliphatic heterocycles. The predicted octanol–water partition coefficient (Wildman–Crippen LogP) is 0.520. The summed E-state index contributed by atoms with van der Waals surface area (Å²) in [6.07, 6.45) is 0. The van der Waals surface area contributed by atoms with Crippen LogP contribution in [0.2, 0.25) is 5.02 Å². The van der Waals surface area contributed by atoms with E-state index in [4.69, 9.17) is 17.4 Å². The first-order valence-corrected chi connectivity index (χ1v) is 7.08. The van der Waals surface area contributed by atoms with Crippen molar-refractivity contribution in [2.24, 2.45) is 5.84 Å². The summed E-state index contributed by atoms with van der Waals surface area (Å²) in [5, 5.41) is 1.86. The van der Waals surface area contributed by atoms with Gasteiger partial charge in [0.1, 0.15) is 4.90 Å². The molecule has 0 atom stereocenters. The van der Waals surface area contributed by atoms with Crippen molar-refractivity contribution in [3.8, 4) is 0 Å². The molecule has 1 heterocycles. The lowest BCUT2D eigenvalue weighted by atomic mass is 10.4. The van der Waals surface area contributed by atoms with Crippen LogP contribution in [0.1, 0.15) is 0 Å². The van der Waals surface area contributed by atoms with Crippen molar-refractivity contribution < 1.29 is 8.42 Å². The van der Waals surface area contributed by atoms with Crippen LogP contribution in [0.5, 0.6) is 0 Å². The number of rotatable bonds is 2. The molecular formula is C10H14ClN3O2S. The number of hydrazine groups is 1. The number of nitrogens with two attached hydrogens (primary N) is 1. The lowest BCUT2D eigenvalue weighted by Crippen LogP contribution is -2.51. The molecule has 0 bridgehead atoms. The fraction of sp³-hybridized carbons (Fsp3) is 0.400. The second-order valence-corrected chi connectivity index (χ2v) is 6.18. The first-order chi connectivity index (χ1) is 8.01. The zero-order valence-electron chi connectivity index (χ0n) is 9.21. The second kappa shape index (κ2) is 4.91. The Morgan fingerprint density at radius 3 is 2.29 bits per heavy atom. The van der Waals surface area contributed by atoms with E-state index in [9.17, 15) is 8.42 Å². The van der Waals surface area contributed by atoms with Gasteiger partial charge >= 0.3 is 0 Å². The van der Waals surface area contributed by atoms with E-state index in [0.717, 1.165) is 0 Å². The van der Waals surface area contributed by atoms with Gasteiger partial charge in [0, 0.05) is 26.2 Å². The van der Waals surface area contributed by atoms with E-state index in [1.165, 1.54) is 10.4 Å². The van der Waals surface area contributed by atoms with E-state index in [1.807, 2.05) is 0 Å². The van der Waals surface area contributed by atoms with Crippen LogP contribution in [0.25, 0.3) is 0 Å². The van der Waals surface area contributed by atoms with Gasteiger partial charge < -0.3 is 0 Å². The van der Waals surface area contributed by atoms with Crippen LogP contribution < -0.4 is 5.84 Å². The molecule has 94 valence electrons. The van der Waals surface area contributed by atoms with Gasteiger partial charge in [0.15, 0.2) is 0 Å². The van der Waals surface area contributed by atoms with Crippen LogP contribution >= 0.6 is 11.6 Å². The van der Waals surface area contributed by atoms with Crippen LogP contribution in [0.3, 0.4) is 0 Å². The monoisotopic (exact) mass is 275 g/mol. The number of piperazine rings is 1. The molecule has 2 rings (SSSR count). The molecule has 0 spiro atoms.